The first-order valence-corrected chi connectivity index (χ1v) is 7.49. The van der Waals surface area contributed by atoms with E-state index in [9.17, 15) is 4.79 Å². The Balaban J connectivity index is 1.84. The lowest BCUT2D eigenvalue weighted by atomic mass is 9.88. The lowest BCUT2D eigenvalue weighted by Crippen LogP contribution is -2.35. The normalized spacial score (nSPS) is 20.8. The molecule has 0 radical (unpaired) electrons. The Hall–Kier alpha value is -2.69. The summed E-state index contributed by atoms with van der Waals surface area (Å²) >= 11 is 0. The summed E-state index contributed by atoms with van der Waals surface area (Å²) < 4.78 is 10.5. The molecule has 1 heterocycles. The molecule has 0 spiro atoms. The molecule has 2 N–H and O–H groups in total. The molecule has 0 amide bonds. The summed E-state index contributed by atoms with van der Waals surface area (Å²) in [4.78, 5) is 12.2. The zero-order chi connectivity index (χ0) is 16.4. The molecule has 5 nitrogen and oxygen atoms in total. The summed E-state index contributed by atoms with van der Waals surface area (Å²) in [6.45, 7) is 0. The smallest absolute Gasteiger partial charge is 0.314 e. The van der Waals surface area contributed by atoms with Gasteiger partial charge in [-0.3, -0.25) is 10.2 Å². The van der Waals surface area contributed by atoms with Gasteiger partial charge in [0, 0.05) is 6.21 Å². The fourth-order valence-corrected chi connectivity index (χ4v) is 2.92. The van der Waals surface area contributed by atoms with Crippen molar-refractivity contribution in [1.82, 2.24) is 0 Å². The number of ether oxygens (including phenoxy) is 2. The monoisotopic (exact) mass is 310 g/mol. The number of nitrogens with one attached hydrogen (secondary N) is 2. The van der Waals surface area contributed by atoms with E-state index in [0.717, 1.165) is 28.3 Å². The fourth-order valence-electron chi connectivity index (χ4n) is 2.92. The van der Waals surface area contributed by atoms with E-state index in [2.05, 4.69) is 0 Å². The van der Waals surface area contributed by atoms with Crippen LogP contribution in [-0.4, -0.2) is 31.1 Å². The van der Waals surface area contributed by atoms with Crippen LogP contribution in [0.3, 0.4) is 0 Å². The number of carbonyl (C=O) groups is 1. The van der Waals surface area contributed by atoms with E-state index in [-0.39, 0.29) is 17.6 Å². The summed E-state index contributed by atoms with van der Waals surface area (Å²) in [5, 5.41) is 16.8. The quantitative estimate of drug-likeness (QED) is 0.671. The minimum absolute atomic E-state index is 0.0439. The zero-order valence-electron chi connectivity index (χ0n) is 12.8. The molecule has 23 heavy (non-hydrogen) atoms. The topological polar surface area (TPSA) is 83.2 Å². The average Bonchev–Trinajstić information content (AvgIpc) is 2.60. The molecule has 1 saturated heterocycles. The number of hydrogen-bond acceptors (Lipinski definition) is 5. The number of benzene rings is 2. The number of esters is 1. The molecule has 118 valence electrons. The van der Waals surface area contributed by atoms with E-state index in [4.69, 9.17) is 20.3 Å². The number of rotatable bonds is 4. The number of fused-ring (bicyclic) bond motifs is 1. The maximum Gasteiger partial charge on any atom is 0.314 e. The van der Waals surface area contributed by atoms with E-state index in [1.54, 1.807) is 7.11 Å². The first-order chi connectivity index (χ1) is 11.1. The van der Waals surface area contributed by atoms with E-state index in [0.29, 0.717) is 12.8 Å². The van der Waals surface area contributed by atoms with Crippen LogP contribution in [0.1, 0.15) is 24.3 Å². The first kappa shape index (κ1) is 15.2. The Morgan fingerprint density at radius 3 is 2.65 bits per heavy atom. The molecule has 3 rings (SSSR count). The molecule has 0 saturated carbocycles. The molecule has 1 fully saturated rings. The van der Waals surface area contributed by atoms with Gasteiger partial charge in [-0.25, -0.2) is 0 Å². The maximum absolute atomic E-state index is 12.2. The summed E-state index contributed by atoms with van der Waals surface area (Å²) in [5.74, 6) is 0.173. The summed E-state index contributed by atoms with van der Waals surface area (Å²) in [6.07, 6.45) is 1.55. The summed E-state index contributed by atoms with van der Waals surface area (Å²) in [7, 11) is 1.63. The van der Waals surface area contributed by atoms with Gasteiger partial charge < -0.3 is 14.9 Å². The second kappa shape index (κ2) is 6.20. The minimum Gasteiger partial charge on any atom is -0.497 e. The van der Waals surface area contributed by atoms with Crippen LogP contribution >= 0.6 is 0 Å². The van der Waals surface area contributed by atoms with Crippen LogP contribution in [0, 0.1) is 10.8 Å². The van der Waals surface area contributed by atoms with Crippen molar-refractivity contribution < 1.29 is 14.3 Å². The van der Waals surface area contributed by atoms with Crippen molar-refractivity contribution in [2.75, 3.05) is 7.11 Å². The molecular formula is C18H18N2O3. The predicted molar refractivity (Wildman–Crippen MR) is 88.9 cm³/mol. The fraction of sp³-hybridized carbons (Fsp3) is 0.278. The Kier molecular flexibility index (Phi) is 4.10. The third kappa shape index (κ3) is 2.95. The predicted octanol–water partition coefficient (Wildman–Crippen LogP) is 3.31. The van der Waals surface area contributed by atoms with Crippen LogP contribution in [-0.2, 0) is 9.53 Å². The van der Waals surface area contributed by atoms with Gasteiger partial charge in [0.1, 0.15) is 11.9 Å². The van der Waals surface area contributed by atoms with Gasteiger partial charge in [0.25, 0.3) is 0 Å². The van der Waals surface area contributed by atoms with Gasteiger partial charge in [-0.05, 0) is 41.3 Å². The molecule has 5 heteroatoms. The number of cyclic esters (lactones) is 1. The first-order valence-electron chi connectivity index (χ1n) is 7.49. The molecule has 0 aromatic heterocycles. The Morgan fingerprint density at radius 2 is 1.96 bits per heavy atom. The second-order valence-corrected chi connectivity index (χ2v) is 5.63. The van der Waals surface area contributed by atoms with Gasteiger partial charge in [0.05, 0.1) is 18.7 Å². The third-order valence-electron chi connectivity index (χ3n) is 4.24. The Bertz CT molecular complexity index is 785. The van der Waals surface area contributed by atoms with Crippen molar-refractivity contribution in [2.45, 2.75) is 24.9 Å². The van der Waals surface area contributed by atoms with E-state index in [1.165, 1.54) is 0 Å². The largest absolute Gasteiger partial charge is 0.497 e. The van der Waals surface area contributed by atoms with E-state index < -0.39 is 6.10 Å². The SMILES string of the molecule is COc1ccc2cc([C@@H]3CC[C@@H](C(=N)C=N)OC3=O)ccc2c1. The van der Waals surface area contributed by atoms with Gasteiger partial charge in [-0.2, -0.15) is 0 Å². The molecule has 1 aliphatic rings. The van der Waals surface area contributed by atoms with Gasteiger partial charge in [0.15, 0.2) is 0 Å². The molecule has 2 atom stereocenters. The van der Waals surface area contributed by atoms with Gasteiger partial charge in [-0.15, -0.1) is 0 Å². The highest BCUT2D eigenvalue weighted by Crippen LogP contribution is 2.32. The molecular weight excluding hydrogens is 292 g/mol. The minimum atomic E-state index is -0.582. The van der Waals surface area contributed by atoms with Crippen LogP contribution in [0.5, 0.6) is 5.75 Å². The van der Waals surface area contributed by atoms with Crippen LogP contribution in [0.15, 0.2) is 36.4 Å². The van der Waals surface area contributed by atoms with Crippen molar-refractivity contribution in [2.24, 2.45) is 0 Å². The van der Waals surface area contributed by atoms with E-state index in [1.807, 2.05) is 36.4 Å². The van der Waals surface area contributed by atoms with Crippen molar-refractivity contribution in [3.05, 3.63) is 42.0 Å². The Labute approximate surface area is 134 Å². The number of carbonyl (C=O) groups excluding carboxylic acids is 1. The molecule has 0 aliphatic carbocycles. The summed E-state index contributed by atoms with van der Waals surface area (Å²) in [5.41, 5.74) is 0.968. The molecule has 2 aromatic rings. The maximum atomic E-state index is 12.2. The van der Waals surface area contributed by atoms with Gasteiger partial charge in [0.2, 0.25) is 0 Å². The lowest BCUT2D eigenvalue weighted by molar-refractivity contribution is -0.152. The van der Waals surface area contributed by atoms with Crippen molar-refractivity contribution in [1.29, 1.82) is 10.8 Å². The number of hydrogen-bond donors (Lipinski definition) is 2. The molecule has 2 aromatic carbocycles. The third-order valence-corrected chi connectivity index (χ3v) is 4.24. The van der Waals surface area contributed by atoms with Gasteiger partial charge >= 0.3 is 5.97 Å². The van der Waals surface area contributed by atoms with Crippen molar-refractivity contribution in [3.8, 4) is 5.75 Å². The zero-order valence-corrected chi connectivity index (χ0v) is 12.8. The van der Waals surface area contributed by atoms with Crippen LogP contribution < -0.4 is 4.74 Å². The van der Waals surface area contributed by atoms with Crippen LogP contribution in [0.4, 0.5) is 0 Å². The summed E-state index contributed by atoms with van der Waals surface area (Å²) in [6, 6.07) is 11.7. The molecule has 0 bridgehead atoms. The van der Waals surface area contributed by atoms with Crippen LogP contribution in [0.25, 0.3) is 10.8 Å². The van der Waals surface area contributed by atoms with Gasteiger partial charge in [-0.1, -0.05) is 24.3 Å². The highest BCUT2D eigenvalue weighted by molar-refractivity contribution is 6.30. The lowest BCUT2D eigenvalue weighted by Gasteiger charge is -2.27. The molecule has 0 unspecified atom stereocenters. The van der Waals surface area contributed by atoms with E-state index >= 15 is 0 Å². The Morgan fingerprint density at radius 1 is 1.22 bits per heavy atom. The highest BCUT2D eigenvalue weighted by atomic mass is 16.5. The standard InChI is InChI=1S/C18H18N2O3/c1-22-14-5-4-11-8-13(3-2-12(11)9-14)15-6-7-17(16(20)10-19)23-18(15)21/h2-5,8-10,15,17,19-20H,6-7H2,1H3/t15-,17-/m0/s1. The highest BCUT2D eigenvalue weighted by Gasteiger charge is 2.32. The average molecular weight is 310 g/mol. The number of methoxy groups -OCH3 is 1. The second-order valence-electron chi connectivity index (χ2n) is 5.63. The molecule has 1 aliphatic heterocycles. The van der Waals surface area contributed by atoms with Crippen molar-refractivity contribution in [3.63, 3.8) is 0 Å². The van der Waals surface area contributed by atoms with Crippen molar-refractivity contribution >= 4 is 28.7 Å². The van der Waals surface area contributed by atoms with Crippen LogP contribution in [0.2, 0.25) is 0 Å².